The molecule has 0 aliphatic rings. The quantitative estimate of drug-likeness (QED) is 0.754. The third-order valence-corrected chi connectivity index (χ3v) is 3.09. The summed E-state index contributed by atoms with van der Waals surface area (Å²) in [6, 6.07) is 8.42. The monoisotopic (exact) mass is 255 g/mol. The van der Waals surface area contributed by atoms with E-state index in [1.807, 2.05) is 12.1 Å². The number of rotatable bonds is 2. The molecule has 0 saturated heterocycles. The van der Waals surface area contributed by atoms with Crippen LogP contribution in [0.5, 0.6) is 0 Å². The van der Waals surface area contributed by atoms with Gasteiger partial charge in [0.25, 0.3) is 0 Å². The van der Waals surface area contributed by atoms with Gasteiger partial charge in [-0.3, -0.25) is 0 Å². The molecule has 1 N–H and O–H groups in total. The van der Waals surface area contributed by atoms with Gasteiger partial charge in [-0.2, -0.15) is 0 Å². The van der Waals surface area contributed by atoms with Gasteiger partial charge in [0.2, 0.25) is 0 Å². The molecule has 0 spiro atoms. The van der Waals surface area contributed by atoms with E-state index in [1.165, 1.54) is 12.1 Å². The third kappa shape index (κ3) is 2.10. The van der Waals surface area contributed by atoms with E-state index in [-0.39, 0.29) is 5.82 Å². The molecule has 2 heterocycles. The van der Waals surface area contributed by atoms with Crippen LogP contribution >= 0.6 is 0 Å². The molecule has 0 fully saturated rings. The van der Waals surface area contributed by atoms with E-state index in [1.54, 1.807) is 12.3 Å². The van der Waals surface area contributed by atoms with Gasteiger partial charge in [0, 0.05) is 17.7 Å². The summed E-state index contributed by atoms with van der Waals surface area (Å²) in [5.41, 5.74) is 3.28. The second-order valence-corrected chi connectivity index (χ2v) is 4.84. The zero-order valence-electron chi connectivity index (χ0n) is 10.8. The van der Waals surface area contributed by atoms with Crippen LogP contribution in [-0.4, -0.2) is 15.0 Å². The largest absolute Gasteiger partial charge is 0.340 e. The van der Waals surface area contributed by atoms with Crippen LogP contribution in [0.4, 0.5) is 4.39 Å². The van der Waals surface area contributed by atoms with Gasteiger partial charge in [-0.15, -0.1) is 0 Å². The van der Waals surface area contributed by atoms with Crippen molar-refractivity contribution in [2.45, 2.75) is 19.8 Å². The predicted octanol–water partition coefficient (Wildman–Crippen LogP) is 3.89. The Morgan fingerprint density at radius 3 is 2.79 bits per heavy atom. The Kier molecular flexibility index (Phi) is 2.78. The van der Waals surface area contributed by atoms with Crippen LogP contribution in [-0.2, 0) is 0 Å². The average molecular weight is 255 g/mol. The highest BCUT2D eigenvalue weighted by Gasteiger charge is 2.11. The molecule has 3 rings (SSSR count). The molecule has 0 atom stereocenters. The minimum absolute atomic E-state index is 0.244. The first kappa shape index (κ1) is 11.8. The molecule has 0 aliphatic heterocycles. The number of pyridine rings is 1. The number of imidazole rings is 1. The van der Waals surface area contributed by atoms with E-state index in [4.69, 9.17) is 0 Å². The molecule has 1 aromatic carbocycles. The zero-order chi connectivity index (χ0) is 13.4. The zero-order valence-corrected chi connectivity index (χ0v) is 10.8. The van der Waals surface area contributed by atoms with Gasteiger partial charge in [-0.1, -0.05) is 26.0 Å². The summed E-state index contributed by atoms with van der Waals surface area (Å²) in [4.78, 5) is 12.0. The summed E-state index contributed by atoms with van der Waals surface area (Å²) in [6.45, 7) is 4.14. The van der Waals surface area contributed by atoms with Crippen LogP contribution in [0, 0.1) is 5.82 Å². The Bertz CT molecular complexity index is 731. The van der Waals surface area contributed by atoms with Crippen LogP contribution in [0.3, 0.4) is 0 Å². The minimum atomic E-state index is -0.244. The van der Waals surface area contributed by atoms with Crippen LogP contribution in [0.15, 0.2) is 36.5 Å². The van der Waals surface area contributed by atoms with E-state index in [0.717, 1.165) is 22.5 Å². The van der Waals surface area contributed by atoms with Gasteiger partial charge < -0.3 is 4.98 Å². The van der Waals surface area contributed by atoms with Gasteiger partial charge in [0.05, 0.1) is 5.52 Å². The van der Waals surface area contributed by atoms with E-state index in [9.17, 15) is 4.39 Å². The average Bonchev–Trinajstić information content (AvgIpc) is 2.82. The maximum atomic E-state index is 13.3. The summed E-state index contributed by atoms with van der Waals surface area (Å²) in [7, 11) is 0. The van der Waals surface area contributed by atoms with Crippen LogP contribution in [0.25, 0.3) is 22.3 Å². The lowest BCUT2D eigenvalue weighted by Crippen LogP contribution is -1.88. The first-order valence-corrected chi connectivity index (χ1v) is 6.25. The van der Waals surface area contributed by atoms with E-state index in [0.29, 0.717) is 11.6 Å². The standard InChI is InChI=1S/C15H14FN3/c1-9(2)14-18-13-12(6-7-17-15(13)19-14)10-4-3-5-11(16)8-10/h3-9H,1-2H3,(H,17,18,19). The fraction of sp³-hybridized carbons (Fsp3) is 0.200. The summed E-state index contributed by atoms with van der Waals surface area (Å²) < 4.78 is 13.3. The van der Waals surface area contributed by atoms with Crippen LogP contribution < -0.4 is 0 Å². The predicted molar refractivity (Wildman–Crippen MR) is 73.4 cm³/mol. The molecule has 0 aliphatic carbocycles. The molecule has 0 saturated carbocycles. The first-order chi connectivity index (χ1) is 9.15. The lowest BCUT2D eigenvalue weighted by atomic mass is 10.1. The fourth-order valence-corrected chi connectivity index (χ4v) is 2.10. The molecule has 3 aromatic rings. The molecule has 2 aromatic heterocycles. The molecular weight excluding hydrogens is 241 g/mol. The number of aromatic nitrogens is 3. The Morgan fingerprint density at radius 2 is 2.05 bits per heavy atom. The lowest BCUT2D eigenvalue weighted by molar-refractivity contribution is 0.628. The van der Waals surface area contributed by atoms with Crippen molar-refractivity contribution in [1.29, 1.82) is 0 Å². The second-order valence-electron chi connectivity index (χ2n) is 4.84. The number of nitrogens with one attached hydrogen (secondary N) is 1. The number of fused-ring (bicyclic) bond motifs is 1. The van der Waals surface area contributed by atoms with Crippen LogP contribution in [0.2, 0.25) is 0 Å². The van der Waals surface area contributed by atoms with Crippen molar-refractivity contribution in [3.8, 4) is 11.1 Å². The molecule has 96 valence electrons. The van der Waals surface area contributed by atoms with E-state index in [2.05, 4.69) is 28.8 Å². The van der Waals surface area contributed by atoms with Crippen molar-refractivity contribution in [2.24, 2.45) is 0 Å². The molecule has 3 nitrogen and oxygen atoms in total. The Hall–Kier alpha value is -2.23. The number of halogens is 1. The molecule has 0 amide bonds. The minimum Gasteiger partial charge on any atom is -0.340 e. The number of hydrogen-bond acceptors (Lipinski definition) is 2. The van der Waals surface area contributed by atoms with Crippen molar-refractivity contribution >= 4 is 11.2 Å². The molecule has 0 unspecified atom stereocenters. The number of aromatic amines is 1. The topological polar surface area (TPSA) is 41.6 Å². The van der Waals surface area contributed by atoms with Gasteiger partial charge in [-0.05, 0) is 23.8 Å². The van der Waals surface area contributed by atoms with Gasteiger partial charge in [0.15, 0.2) is 5.65 Å². The number of nitrogens with zero attached hydrogens (tertiary/aromatic N) is 2. The first-order valence-electron chi connectivity index (χ1n) is 6.25. The number of hydrogen-bond donors (Lipinski definition) is 1. The summed E-state index contributed by atoms with van der Waals surface area (Å²) in [6.07, 6.45) is 1.70. The van der Waals surface area contributed by atoms with Crippen molar-refractivity contribution in [2.75, 3.05) is 0 Å². The highest BCUT2D eigenvalue weighted by atomic mass is 19.1. The van der Waals surface area contributed by atoms with Crippen molar-refractivity contribution < 1.29 is 4.39 Å². The number of H-pyrrole nitrogens is 1. The normalized spacial score (nSPS) is 11.4. The smallest absolute Gasteiger partial charge is 0.178 e. The maximum absolute atomic E-state index is 13.3. The van der Waals surface area contributed by atoms with Crippen molar-refractivity contribution in [1.82, 2.24) is 15.0 Å². The summed E-state index contributed by atoms with van der Waals surface area (Å²) >= 11 is 0. The third-order valence-electron chi connectivity index (χ3n) is 3.09. The fourth-order valence-electron chi connectivity index (χ4n) is 2.10. The van der Waals surface area contributed by atoms with Crippen molar-refractivity contribution in [3.63, 3.8) is 0 Å². The van der Waals surface area contributed by atoms with Gasteiger partial charge in [0.1, 0.15) is 11.6 Å². The number of benzene rings is 1. The molecule has 0 radical (unpaired) electrons. The van der Waals surface area contributed by atoms with E-state index >= 15 is 0 Å². The Balaban J connectivity index is 2.23. The van der Waals surface area contributed by atoms with Gasteiger partial charge >= 0.3 is 0 Å². The Morgan fingerprint density at radius 1 is 1.21 bits per heavy atom. The van der Waals surface area contributed by atoms with Crippen molar-refractivity contribution in [3.05, 3.63) is 48.2 Å². The molecular formula is C15H14FN3. The highest BCUT2D eigenvalue weighted by molar-refractivity contribution is 5.89. The van der Waals surface area contributed by atoms with E-state index < -0.39 is 0 Å². The Labute approximate surface area is 110 Å². The SMILES string of the molecule is CC(C)c1nc2nccc(-c3cccc(F)c3)c2[nH]1. The van der Waals surface area contributed by atoms with Gasteiger partial charge in [-0.25, -0.2) is 14.4 Å². The van der Waals surface area contributed by atoms with Crippen LogP contribution in [0.1, 0.15) is 25.6 Å². The highest BCUT2D eigenvalue weighted by Crippen LogP contribution is 2.27. The second kappa shape index (κ2) is 4.46. The maximum Gasteiger partial charge on any atom is 0.178 e. The molecule has 0 bridgehead atoms. The summed E-state index contributed by atoms with van der Waals surface area (Å²) in [5.74, 6) is 0.951. The lowest BCUT2D eigenvalue weighted by Gasteiger charge is -2.02. The summed E-state index contributed by atoms with van der Waals surface area (Å²) in [5, 5.41) is 0. The molecule has 4 heteroatoms. The molecule has 19 heavy (non-hydrogen) atoms.